The van der Waals surface area contributed by atoms with Crippen molar-refractivity contribution in [3.05, 3.63) is 35.4 Å². The van der Waals surface area contributed by atoms with E-state index in [0.717, 1.165) is 5.56 Å². The minimum Gasteiger partial charge on any atom is -0.395 e. The number of rotatable bonds is 2. The van der Waals surface area contributed by atoms with E-state index in [2.05, 4.69) is 20.5 Å². The van der Waals surface area contributed by atoms with Crippen LogP contribution in [0.4, 0.5) is 11.4 Å². The molecule has 2 heterocycles. The van der Waals surface area contributed by atoms with Crippen LogP contribution in [0.5, 0.6) is 0 Å². The summed E-state index contributed by atoms with van der Waals surface area (Å²) in [5.74, 6) is -0.348. The first-order valence-electron chi connectivity index (χ1n) is 5.11. The summed E-state index contributed by atoms with van der Waals surface area (Å²) in [6.07, 6.45) is 3.28. The van der Waals surface area contributed by atoms with Crippen molar-refractivity contribution in [2.75, 3.05) is 11.1 Å². The molecule has 0 spiro atoms. The van der Waals surface area contributed by atoms with Crippen LogP contribution < -0.4 is 11.1 Å². The van der Waals surface area contributed by atoms with Gasteiger partial charge in [0.15, 0.2) is 5.69 Å². The molecule has 1 amide bonds. The number of hydrogen-bond acceptors (Lipinski definition) is 4. The number of nitrogen functional groups attached to an aromatic ring is 1. The summed E-state index contributed by atoms with van der Waals surface area (Å²) in [7, 11) is 0. The van der Waals surface area contributed by atoms with Gasteiger partial charge in [0.25, 0.3) is 5.91 Å². The Kier molecular flexibility index (Phi) is 2.78. The Hall–Kier alpha value is -2.37. The number of nitrogens with one attached hydrogen (secondary N) is 2. The van der Waals surface area contributed by atoms with E-state index in [0.29, 0.717) is 17.1 Å². The zero-order valence-electron chi connectivity index (χ0n) is 9.61. The van der Waals surface area contributed by atoms with E-state index in [-0.39, 0.29) is 11.6 Å². The third-order valence-corrected chi connectivity index (χ3v) is 2.34. The molecule has 0 aliphatic rings. The number of aromatic amines is 1. The van der Waals surface area contributed by atoms with Crippen LogP contribution in [0.25, 0.3) is 0 Å². The van der Waals surface area contributed by atoms with Gasteiger partial charge in [0, 0.05) is 6.20 Å². The van der Waals surface area contributed by atoms with Crippen LogP contribution in [0.1, 0.15) is 21.7 Å². The number of nitrogens with zero attached hydrogens (tertiary/aromatic N) is 2. The van der Waals surface area contributed by atoms with Crippen molar-refractivity contribution >= 4 is 17.3 Å². The average Bonchev–Trinajstić information content (AvgIpc) is 2.60. The number of pyridine rings is 1. The highest BCUT2D eigenvalue weighted by Gasteiger charge is 2.15. The van der Waals surface area contributed by atoms with Gasteiger partial charge in [0.05, 0.1) is 23.3 Å². The summed E-state index contributed by atoms with van der Waals surface area (Å²) in [5, 5.41) is 9.20. The number of carbonyl (C=O) groups excluding carboxylic acids is 1. The molecule has 0 saturated carbocycles. The maximum Gasteiger partial charge on any atom is 0.278 e. The Morgan fingerprint density at radius 1 is 1.41 bits per heavy atom. The number of carbonyl (C=O) groups is 1. The summed E-state index contributed by atoms with van der Waals surface area (Å²) < 4.78 is 0. The molecule has 2 aromatic heterocycles. The first-order valence-corrected chi connectivity index (χ1v) is 5.11. The fourth-order valence-electron chi connectivity index (χ4n) is 1.42. The van der Waals surface area contributed by atoms with Gasteiger partial charge in [-0.15, -0.1) is 0 Å². The lowest BCUT2D eigenvalue weighted by Gasteiger charge is -2.03. The third kappa shape index (κ3) is 2.25. The smallest absolute Gasteiger partial charge is 0.278 e. The van der Waals surface area contributed by atoms with Crippen LogP contribution in [0.3, 0.4) is 0 Å². The average molecular weight is 231 g/mol. The molecule has 0 fully saturated rings. The fraction of sp³-hybridized carbons (Fsp3) is 0.182. The molecule has 0 aliphatic carbocycles. The number of H-pyrrole nitrogens is 1. The lowest BCUT2D eigenvalue weighted by Crippen LogP contribution is -2.14. The fourth-order valence-corrected chi connectivity index (χ4v) is 1.42. The quantitative estimate of drug-likeness (QED) is 0.724. The number of amides is 1. The third-order valence-electron chi connectivity index (χ3n) is 2.34. The summed E-state index contributed by atoms with van der Waals surface area (Å²) in [6.45, 7) is 3.66. The molecule has 0 saturated heterocycles. The van der Waals surface area contributed by atoms with Crippen molar-refractivity contribution < 1.29 is 4.79 Å². The Morgan fingerprint density at radius 3 is 2.76 bits per heavy atom. The predicted octanol–water partition coefficient (Wildman–Crippen LogP) is 1.26. The number of aryl methyl sites for hydroxylation is 2. The number of anilines is 2. The van der Waals surface area contributed by atoms with Crippen molar-refractivity contribution in [2.24, 2.45) is 0 Å². The lowest BCUT2D eigenvalue weighted by molar-refractivity contribution is 0.102. The van der Waals surface area contributed by atoms with Crippen molar-refractivity contribution in [2.45, 2.75) is 13.8 Å². The first-order chi connectivity index (χ1) is 8.08. The molecule has 0 aromatic carbocycles. The largest absolute Gasteiger partial charge is 0.395 e. The van der Waals surface area contributed by atoms with Gasteiger partial charge in [-0.1, -0.05) is 0 Å². The van der Waals surface area contributed by atoms with E-state index in [1.165, 1.54) is 0 Å². The highest BCUT2D eigenvalue weighted by Crippen LogP contribution is 2.15. The second-order valence-electron chi connectivity index (χ2n) is 3.82. The molecule has 2 aromatic rings. The van der Waals surface area contributed by atoms with E-state index in [9.17, 15) is 4.79 Å². The van der Waals surface area contributed by atoms with Crippen LogP contribution in [0.15, 0.2) is 18.5 Å². The molecule has 4 N–H and O–H groups in total. The molecular formula is C11H13N5O. The second-order valence-corrected chi connectivity index (χ2v) is 3.82. The Morgan fingerprint density at radius 2 is 2.18 bits per heavy atom. The van der Waals surface area contributed by atoms with Crippen LogP contribution in [0.2, 0.25) is 0 Å². The summed E-state index contributed by atoms with van der Waals surface area (Å²) in [4.78, 5) is 15.8. The van der Waals surface area contributed by atoms with Crippen molar-refractivity contribution in [3.63, 3.8) is 0 Å². The molecular weight excluding hydrogens is 218 g/mol. The Balaban J connectivity index is 2.20. The predicted molar refractivity (Wildman–Crippen MR) is 64.7 cm³/mol. The van der Waals surface area contributed by atoms with Gasteiger partial charge in [0.1, 0.15) is 0 Å². The second kappa shape index (κ2) is 4.25. The van der Waals surface area contributed by atoms with E-state index in [1.807, 2.05) is 13.0 Å². The molecule has 2 rings (SSSR count). The summed E-state index contributed by atoms with van der Waals surface area (Å²) in [5.41, 5.74) is 8.54. The molecule has 0 unspecified atom stereocenters. The van der Waals surface area contributed by atoms with Gasteiger partial charge >= 0.3 is 0 Å². The summed E-state index contributed by atoms with van der Waals surface area (Å²) in [6, 6.07) is 1.82. The van der Waals surface area contributed by atoms with Crippen LogP contribution in [-0.2, 0) is 0 Å². The lowest BCUT2D eigenvalue weighted by atomic mass is 10.2. The summed E-state index contributed by atoms with van der Waals surface area (Å²) >= 11 is 0. The molecule has 88 valence electrons. The maximum atomic E-state index is 11.9. The van der Waals surface area contributed by atoms with Crippen LogP contribution in [-0.4, -0.2) is 21.1 Å². The van der Waals surface area contributed by atoms with E-state index in [4.69, 9.17) is 5.73 Å². The Labute approximate surface area is 98.3 Å². The van der Waals surface area contributed by atoms with Crippen molar-refractivity contribution in [1.82, 2.24) is 15.2 Å². The van der Waals surface area contributed by atoms with Gasteiger partial charge in [-0.3, -0.25) is 14.9 Å². The van der Waals surface area contributed by atoms with E-state index >= 15 is 0 Å². The van der Waals surface area contributed by atoms with Gasteiger partial charge in [-0.25, -0.2) is 0 Å². The molecule has 0 atom stereocenters. The molecule has 0 aliphatic heterocycles. The zero-order valence-corrected chi connectivity index (χ0v) is 9.61. The normalized spacial score (nSPS) is 10.2. The number of hydrogen-bond donors (Lipinski definition) is 3. The van der Waals surface area contributed by atoms with E-state index < -0.39 is 0 Å². The topological polar surface area (TPSA) is 96.7 Å². The van der Waals surface area contributed by atoms with Crippen LogP contribution >= 0.6 is 0 Å². The molecule has 17 heavy (non-hydrogen) atoms. The number of nitrogens with two attached hydrogens (primary N) is 1. The highest BCUT2D eigenvalue weighted by atomic mass is 16.2. The van der Waals surface area contributed by atoms with Crippen LogP contribution in [0, 0.1) is 13.8 Å². The number of aromatic nitrogens is 3. The highest BCUT2D eigenvalue weighted by molar-refractivity contribution is 6.06. The van der Waals surface area contributed by atoms with Gasteiger partial charge in [-0.2, -0.15) is 5.10 Å². The molecule has 6 heteroatoms. The van der Waals surface area contributed by atoms with E-state index in [1.54, 1.807) is 19.3 Å². The molecule has 0 radical (unpaired) electrons. The standard InChI is InChI=1S/C11H13N5O/c1-6-3-8(5-13-4-6)14-11(17)10-9(12)7(2)15-16-10/h3-5H,12H2,1-2H3,(H,14,17)(H,15,16). The van der Waals surface area contributed by atoms with Gasteiger partial charge < -0.3 is 11.1 Å². The van der Waals surface area contributed by atoms with Gasteiger partial charge in [0.2, 0.25) is 0 Å². The SMILES string of the molecule is Cc1cncc(NC(=O)c2n[nH]c(C)c2N)c1. The minimum atomic E-state index is -0.348. The molecule has 6 nitrogen and oxygen atoms in total. The monoisotopic (exact) mass is 231 g/mol. The van der Waals surface area contributed by atoms with Crippen molar-refractivity contribution in [1.29, 1.82) is 0 Å². The zero-order chi connectivity index (χ0) is 12.4. The minimum absolute atomic E-state index is 0.198. The molecule has 0 bridgehead atoms. The maximum absolute atomic E-state index is 11.9. The first kappa shape index (κ1) is 11.1. The van der Waals surface area contributed by atoms with Gasteiger partial charge in [-0.05, 0) is 25.5 Å². The van der Waals surface area contributed by atoms with Crippen molar-refractivity contribution in [3.8, 4) is 0 Å². The Bertz CT molecular complexity index is 561.